The number of aliphatic hydroxyl groups is 1. The SMILES string of the molecule is COc1cc(CCCO)ccc1Oc1cccc(I)n1. The lowest BCUT2D eigenvalue weighted by Crippen LogP contribution is -1.95. The zero-order valence-electron chi connectivity index (χ0n) is 11.2. The Balaban J connectivity index is 2.19. The molecule has 0 spiro atoms. The molecule has 1 heterocycles. The molecule has 0 atom stereocenters. The molecule has 2 rings (SSSR count). The highest BCUT2D eigenvalue weighted by molar-refractivity contribution is 14.1. The van der Waals surface area contributed by atoms with Gasteiger partial charge in [-0.05, 0) is 59.2 Å². The number of pyridine rings is 1. The first kappa shape index (κ1) is 15.1. The van der Waals surface area contributed by atoms with Gasteiger partial charge in [0.15, 0.2) is 11.5 Å². The van der Waals surface area contributed by atoms with Gasteiger partial charge < -0.3 is 14.6 Å². The van der Waals surface area contributed by atoms with Crippen molar-refractivity contribution >= 4 is 22.6 Å². The van der Waals surface area contributed by atoms with Gasteiger partial charge in [-0.15, -0.1) is 0 Å². The van der Waals surface area contributed by atoms with Crippen LogP contribution in [0.15, 0.2) is 36.4 Å². The minimum absolute atomic E-state index is 0.187. The number of methoxy groups -OCH3 is 1. The van der Waals surface area contributed by atoms with Gasteiger partial charge in [0.05, 0.1) is 7.11 Å². The van der Waals surface area contributed by atoms with Gasteiger partial charge in [0.25, 0.3) is 0 Å². The average molecular weight is 385 g/mol. The third kappa shape index (κ3) is 4.08. The molecule has 0 aliphatic carbocycles. The van der Waals surface area contributed by atoms with Crippen LogP contribution >= 0.6 is 22.6 Å². The van der Waals surface area contributed by atoms with Crippen molar-refractivity contribution in [3.05, 3.63) is 45.7 Å². The normalized spacial score (nSPS) is 10.3. The summed E-state index contributed by atoms with van der Waals surface area (Å²) in [6.45, 7) is 0.187. The molecule has 106 valence electrons. The maximum atomic E-state index is 8.86. The largest absolute Gasteiger partial charge is 0.493 e. The molecule has 0 aliphatic rings. The lowest BCUT2D eigenvalue weighted by atomic mass is 10.1. The summed E-state index contributed by atoms with van der Waals surface area (Å²) in [5, 5.41) is 8.86. The Hall–Kier alpha value is -1.34. The van der Waals surface area contributed by atoms with Crippen LogP contribution in [0.2, 0.25) is 0 Å². The highest BCUT2D eigenvalue weighted by Gasteiger charge is 2.08. The molecule has 0 aliphatic heterocycles. The van der Waals surface area contributed by atoms with E-state index in [0.717, 1.165) is 22.1 Å². The van der Waals surface area contributed by atoms with Crippen LogP contribution in [-0.2, 0) is 6.42 Å². The second kappa shape index (κ2) is 7.44. The van der Waals surface area contributed by atoms with Crippen LogP contribution in [0.25, 0.3) is 0 Å². The standard InChI is InChI=1S/C15H16INO3/c1-19-13-10-11(4-3-9-18)7-8-12(13)20-15-6-2-5-14(16)17-15/h2,5-8,10,18H,3-4,9H2,1H3. The Labute approximate surface area is 131 Å². The van der Waals surface area contributed by atoms with Crippen LogP contribution in [0, 0.1) is 3.70 Å². The number of aryl methyl sites for hydroxylation is 1. The molecule has 1 aromatic carbocycles. The molecule has 5 heteroatoms. The van der Waals surface area contributed by atoms with Crippen LogP contribution in [0.3, 0.4) is 0 Å². The molecular formula is C15H16INO3. The van der Waals surface area contributed by atoms with E-state index in [2.05, 4.69) is 27.6 Å². The van der Waals surface area contributed by atoms with E-state index in [9.17, 15) is 0 Å². The number of aromatic nitrogens is 1. The van der Waals surface area contributed by atoms with Gasteiger partial charge in [-0.1, -0.05) is 12.1 Å². The first-order chi connectivity index (χ1) is 9.72. The van der Waals surface area contributed by atoms with Crippen LogP contribution in [-0.4, -0.2) is 23.8 Å². The van der Waals surface area contributed by atoms with Gasteiger partial charge in [0.2, 0.25) is 5.88 Å². The van der Waals surface area contributed by atoms with E-state index in [1.807, 2.05) is 30.3 Å². The van der Waals surface area contributed by atoms with E-state index in [1.165, 1.54) is 0 Å². The van der Waals surface area contributed by atoms with Gasteiger partial charge in [0.1, 0.15) is 3.70 Å². The first-order valence-electron chi connectivity index (χ1n) is 6.31. The quantitative estimate of drug-likeness (QED) is 0.612. The maximum absolute atomic E-state index is 8.86. The van der Waals surface area contributed by atoms with Crippen molar-refractivity contribution in [3.63, 3.8) is 0 Å². The van der Waals surface area contributed by atoms with Gasteiger partial charge in [-0.2, -0.15) is 0 Å². The summed E-state index contributed by atoms with van der Waals surface area (Å²) in [5.41, 5.74) is 1.11. The molecule has 0 amide bonds. The van der Waals surface area contributed by atoms with Crippen molar-refractivity contribution in [1.29, 1.82) is 0 Å². The molecule has 20 heavy (non-hydrogen) atoms. The van der Waals surface area contributed by atoms with Gasteiger partial charge >= 0.3 is 0 Å². The van der Waals surface area contributed by atoms with Crippen LogP contribution in [0.4, 0.5) is 0 Å². The second-order valence-corrected chi connectivity index (χ2v) is 5.32. The number of hydrogen-bond donors (Lipinski definition) is 1. The molecule has 1 aromatic heterocycles. The third-order valence-electron chi connectivity index (χ3n) is 2.76. The number of benzene rings is 1. The van der Waals surface area contributed by atoms with E-state index < -0.39 is 0 Å². The van der Waals surface area contributed by atoms with Crippen LogP contribution < -0.4 is 9.47 Å². The fourth-order valence-corrected chi connectivity index (χ4v) is 2.24. The summed E-state index contributed by atoms with van der Waals surface area (Å²) in [4.78, 5) is 4.29. The highest BCUT2D eigenvalue weighted by Crippen LogP contribution is 2.32. The average Bonchev–Trinajstić information content (AvgIpc) is 2.46. The predicted molar refractivity (Wildman–Crippen MR) is 85.4 cm³/mol. The van der Waals surface area contributed by atoms with Gasteiger partial charge in [-0.3, -0.25) is 0 Å². The first-order valence-corrected chi connectivity index (χ1v) is 7.39. The third-order valence-corrected chi connectivity index (χ3v) is 3.36. The van der Waals surface area contributed by atoms with E-state index in [-0.39, 0.29) is 6.61 Å². The van der Waals surface area contributed by atoms with Gasteiger partial charge in [-0.25, -0.2) is 4.98 Å². The smallest absolute Gasteiger partial charge is 0.220 e. The number of halogens is 1. The molecule has 4 nitrogen and oxygen atoms in total. The summed E-state index contributed by atoms with van der Waals surface area (Å²) in [6, 6.07) is 11.4. The summed E-state index contributed by atoms with van der Waals surface area (Å²) in [6.07, 6.45) is 1.55. The summed E-state index contributed by atoms with van der Waals surface area (Å²) in [7, 11) is 1.61. The molecular weight excluding hydrogens is 369 g/mol. The van der Waals surface area contributed by atoms with Crippen molar-refractivity contribution in [2.45, 2.75) is 12.8 Å². The lowest BCUT2D eigenvalue weighted by molar-refractivity contribution is 0.288. The Kier molecular flexibility index (Phi) is 5.60. The Bertz CT molecular complexity index is 575. The van der Waals surface area contributed by atoms with Crippen molar-refractivity contribution < 1.29 is 14.6 Å². The molecule has 1 N–H and O–H groups in total. The number of nitrogens with zero attached hydrogens (tertiary/aromatic N) is 1. The maximum Gasteiger partial charge on any atom is 0.220 e. The molecule has 0 fully saturated rings. The van der Waals surface area contributed by atoms with E-state index >= 15 is 0 Å². The molecule has 0 saturated carbocycles. The fourth-order valence-electron chi connectivity index (χ4n) is 1.79. The molecule has 0 unspecified atom stereocenters. The van der Waals surface area contributed by atoms with Crippen molar-refractivity contribution in [2.24, 2.45) is 0 Å². The summed E-state index contributed by atoms with van der Waals surface area (Å²) in [5.74, 6) is 1.84. The number of hydrogen-bond acceptors (Lipinski definition) is 4. The Morgan fingerprint density at radius 2 is 2.05 bits per heavy atom. The van der Waals surface area contributed by atoms with Gasteiger partial charge in [0, 0.05) is 12.7 Å². The molecule has 0 radical (unpaired) electrons. The summed E-state index contributed by atoms with van der Waals surface area (Å²) < 4.78 is 12.0. The topological polar surface area (TPSA) is 51.6 Å². The van der Waals surface area contributed by atoms with Crippen molar-refractivity contribution in [2.75, 3.05) is 13.7 Å². The zero-order valence-corrected chi connectivity index (χ0v) is 13.3. The number of ether oxygens (including phenoxy) is 2. The van der Waals surface area contributed by atoms with Crippen molar-refractivity contribution in [1.82, 2.24) is 4.98 Å². The molecule has 0 saturated heterocycles. The summed E-state index contributed by atoms with van der Waals surface area (Å²) >= 11 is 2.14. The van der Waals surface area contributed by atoms with E-state index in [0.29, 0.717) is 17.4 Å². The number of rotatable bonds is 6. The zero-order chi connectivity index (χ0) is 14.4. The number of aliphatic hydroxyl groups excluding tert-OH is 1. The monoisotopic (exact) mass is 385 g/mol. The Morgan fingerprint density at radius 3 is 2.75 bits per heavy atom. The lowest BCUT2D eigenvalue weighted by Gasteiger charge is -2.11. The van der Waals surface area contributed by atoms with Crippen LogP contribution in [0.1, 0.15) is 12.0 Å². The fraction of sp³-hybridized carbons (Fsp3) is 0.267. The molecule has 2 aromatic rings. The Morgan fingerprint density at radius 1 is 1.20 bits per heavy atom. The molecule has 0 bridgehead atoms. The minimum Gasteiger partial charge on any atom is -0.493 e. The highest BCUT2D eigenvalue weighted by atomic mass is 127. The van der Waals surface area contributed by atoms with Crippen molar-refractivity contribution in [3.8, 4) is 17.4 Å². The van der Waals surface area contributed by atoms with E-state index in [4.69, 9.17) is 14.6 Å². The minimum atomic E-state index is 0.187. The van der Waals surface area contributed by atoms with E-state index in [1.54, 1.807) is 13.2 Å². The second-order valence-electron chi connectivity index (χ2n) is 4.21. The predicted octanol–water partition coefficient (Wildman–Crippen LogP) is 3.41. The van der Waals surface area contributed by atoms with Crippen LogP contribution in [0.5, 0.6) is 17.4 Å².